The van der Waals surface area contributed by atoms with E-state index >= 15 is 0 Å². The summed E-state index contributed by atoms with van der Waals surface area (Å²) >= 11 is 6.06. The van der Waals surface area contributed by atoms with Crippen LogP contribution in [-0.2, 0) is 19.0 Å². The minimum atomic E-state index is -3.66. The zero-order chi connectivity index (χ0) is 18.6. The van der Waals surface area contributed by atoms with E-state index < -0.39 is 34.5 Å². The Bertz CT molecular complexity index is 680. The zero-order valence-electron chi connectivity index (χ0n) is 13.8. The van der Waals surface area contributed by atoms with Crippen molar-refractivity contribution < 1.29 is 37.0 Å². The van der Waals surface area contributed by atoms with E-state index in [1.54, 1.807) is 18.2 Å². The Balaban J connectivity index is 1.84. The normalized spacial score (nSPS) is 26.6. The molecule has 0 radical (unpaired) electrons. The fraction of sp³-hybridized carbons (Fsp3) is 0.600. The molecule has 4 atom stereocenters. The first-order valence-electron chi connectivity index (χ1n) is 7.53. The standard InChI is InChI=1S/C15H21ClO8S/c1-21-9-3-4-11(10(16)7-9)22-6-5-12-14(17)15(18)13(24-12)8-23-25(2,19)20/h3-4,7,12-15,17-18H,5-6,8H2,1-2H3/t12?,13-,14+,15-/m1/s1. The van der Waals surface area contributed by atoms with Crippen LogP contribution in [0.1, 0.15) is 6.42 Å². The second-order valence-corrected chi connectivity index (χ2v) is 7.67. The second kappa shape index (κ2) is 8.52. The van der Waals surface area contributed by atoms with E-state index in [0.29, 0.717) is 16.5 Å². The molecule has 0 aliphatic carbocycles. The molecule has 0 amide bonds. The second-order valence-electron chi connectivity index (χ2n) is 5.62. The molecule has 2 rings (SSSR count). The van der Waals surface area contributed by atoms with E-state index in [0.717, 1.165) is 6.26 Å². The number of hydrogen-bond donors (Lipinski definition) is 2. The molecule has 1 aromatic carbocycles. The van der Waals surface area contributed by atoms with Crippen LogP contribution in [0.15, 0.2) is 18.2 Å². The zero-order valence-corrected chi connectivity index (χ0v) is 15.4. The van der Waals surface area contributed by atoms with Crippen LogP contribution < -0.4 is 9.47 Å². The predicted octanol–water partition coefficient (Wildman–Crippen LogP) is 0.583. The topological polar surface area (TPSA) is 112 Å². The van der Waals surface area contributed by atoms with E-state index in [4.69, 9.17) is 25.8 Å². The molecule has 1 aliphatic heterocycles. The molecule has 8 nitrogen and oxygen atoms in total. The number of ether oxygens (including phenoxy) is 3. The van der Waals surface area contributed by atoms with Crippen LogP contribution >= 0.6 is 11.6 Å². The van der Waals surface area contributed by atoms with Crippen LogP contribution in [0.25, 0.3) is 0 Å². The first kappa shape index (κ1) is 20.2. The molecule has 25 heavy (non-hydrogen) atoms. The minimum absolute atomic E-state index is 0.181. The Hall–Kier alpha value is -1.10. The molecule has 0 bridgehead atoms. The van der Waals surface area contributed by atoms with Gasteiger partial charge in [-0.25, -0.2) is 0 Å². The lowest BCUT2D eigenvalue weighted by Crippen LogP contribution is -2.35. The molecule has 2 N–H and O–H groups in total. The third kappa shape index (κ3) is 5.70. The maximum Gasteiger partial charge on any atom is 0.264 e. The molecule has 1 unspecified atom stereocenters. The highest BCUT2D eigenvalue weighted by molar-refractivity contribution is 7.85. The summed E-state index contributed by atoms with van der Waals surface area (Å²) in [6.07, 6.45) is -2.87. The third-order valence-electron chi connectivity index (χ3n) is 3.71. The lowest BCUT2D eigenvalue weighted by atomic mass is 10.1. The van der Waals surface area contributed by atoms with Gasteiger partial charge < -0.3 is 24.4 Å². The summed E-state index contributed by atoms with van der Waals surface area (Å²) in [5.41, 5.74) is 0. The summed E-state index contributed by atoms with van der Waals surface area (Å²) in [6.45, 7) is -0.182. The Morgan fingerprint density at radius 2 is 1.92 bits per heavy atom. The summed E-state index contributed by atoms with van der Waals surface area (Å²) in [5.74, 6) is 1.05. The van der Waals surface area contributed by atoms with Crippen molar-refractivity contribution in [2.45, 2.75) is 30.8 Å². The van der Waals surface area contributed by atoms with E-state index in [-0.39, 0.29) is 19.6 Å². The van der Waals surface area contributed by atoms with Gasteiger partial charge in [-0.05, 0) is 12.1 Å². The van der Waals surface area contributed by atoms with Gasteiger partial charge in [0.2, 0.25) is 0 Å². The fourth-order valence-corrected chi connectivity index (χ4v) is 3.01. The first-order chi connectivity index (χ1) is 11.7. The van der Waals surface area contributed by atoms with E-state index in [2.05, 4.69) is 4.18 Å². The number of hydrogen-bond acceptors (Lipinski definition) is 8. The third-order valence-corrected chi connectivity index (χ3v) is 4.57. The highest BCUT2D eigenvalue weighted by Gasteiger charge is 2.42. The number of rotatable bonds is 8. The van der Waals surface area contributed by atoms with Crippen LogP contribution in [0.4, 0.5) is 0 Å². The summed E-state index contributed by atoms with van der Waals surface area (Å²) in [7, 11) is -2.13. The summed E-state index contributed by atoms with van der Waals surface area (Å²) in [4.78, 5) is 0. The van der Waals surface area contributed by atoms with Crippen LogP contribution in [-0.4, -0.2) is 69.6 Å². The first-order valence-corrected chi connectivity index (χ1v) is 9.73. The van der Waals surface area contributed by atoms with Crippen molar-refractivity contribution in [1.29, 1.82) is 0 Å². The Morgan fingerprint density at radius 1 is 1.24 bits per heavy atom. The number of methoxy groups -OCH3 is 1. The molecule has 1 fully saturated rings. The van der Waals surface area contributed by atoms with Crippen molar-refractivity contribution in [3.8, 4) is 11.5 Å². The van der Waals surface area contributed by atoms with Crippen molar-refractivity contribution in [2.75, 3.05) is 26.6 Å². The quantitative estimate of drug-likeness (QED) is 0.614. The summed E-state index contributed by atoms with van der Waals surface area (Å²) < 4.78 is 42.7. The van der Waals surface area contributed by atoms with Crippen LogP contribution in [0.5, 0.6) is 11.5 Å². The average molecular weight is 397 g/mol. The van der Waals surface area contributed by atoms with Gasteiger partial charge in [0.05, 0.1) is 37.7 Å². The van der Waals surface area contributed by atoms with Crippen LogP contribution in [0.2, 0.25) is 5.02 Å². The van der Waals surface area contributed by atoms with Crippen LogP contribution in [0.3, 0.4) is 0 Å². The van der Waals surface area contributed by atoms with Gasteiger partial charge >= 0.3 is 0 Å². The van der Waals surface area contributed by atoms with Crippen molar-refractivity contribution >= 4 is 21.7 Å². The fourth-order valence-electron chi connectivity index (χ4n) is 2.40. The van der Waals surface area contributed by atoms with Crippen LogP contribution in [0, 0.1) is 0 Å². The Labute approximate surface area is 151 Å². The van der Waals surface area contributed by atoms with Gasteiger partial charge in [-0.2, -0.15) is 8.42 Å². The molecular weight excluding hydrogens is 376 g/mol. The summed E-state index contributed by atoms with van der Waals surface area (Å²) in [6, 6.07) is 4.97. The molecular formula is C15H21ClO8S. The molecule has 142 valence electrons. The molecule has 0 aromatic heterocycles. The number of halogens is 1. The van der Waals surface area contributed by atoms with Crippen molar-refractivity contribution in [2.24, 2.45) is 0 Å². The summed E-state index contributed by atoms with van der Waals surface area (Å²) in [5, 5.41) is 20.3. The molecule has 0 spiro atoms. The van der Waals surface area contributed by atoms with E-state index in [1.807, 2.05) is 0 Å². The Kier molecular flexibility index (Phi) is 6.89. The van der Waals surface area contributed by atoms with Gasteiger partial charge in [0.15, 0.2) is 0 Å². The van der Waals surface area contributed by atoms with Gasteiger partial charge in [-0.15, -0.1) is 0 Å². The molecule has 10 heteroatoms. The molecule has 1 aliphatic rings. The van der Waals surface area contributed by atoms with E-state index in [9.17, 15) is 18.6 Å². The van der Waals surface area contributed by atoms with Gasteiger partial charge in [0.1, 0.15) is 29.8 Å². The number of aliphatic hydroxyl groups excluding tert-OH is 2. The SMILES string of the molecule is COc1ccc(OCCC2O[C@H](COS(C)(=O)=O)[C@@H](O)[C@H]2O)c(Cl)c1. The number of benzene rings is 1. The highest BCUT2D eigenvalue weighted by atomic mass is 35.5. The van der Waals surface area contributed by atoms with Crippen molar-refractivity contribution in [3.63, 3.8) is 0 Å². The highest BCUT2D eigenvalue weighted by Crippen LogP contribution is 2.29. The largest absolute Gasteiger partial charge is 0.497 e. The maximum absolute atomic E-state index is 11.0. The average Bonchev–Trinajstić information content (AvgIpc) is 2.81. The maximum atomic E-state index is 11.0. The van der Waals surface area contributed by atoms with Gasteiger partial charge in [-0.1, -0.05) is 11.6 Å². The van der Waals surface area contributed by atoms with Crippen molar-refractivity contribution in [1.82, 2.24) is 0 Å². The lowest BCUT2D eigenvalue weighted by molar-refractivity contribution is -0.0206. The molecule has 1 aromatic rings. The van der Waals surface area contributed by atoms with E-state index in [1.165, 1.54) is 7.11 Å². The number of aliphatic hydroxyl groups is 2. The molecule has 1 saturated heterocycles. The monoisotopic (exact) mass is 396 g/mol. The van der Waals surface area contributed by atoms with Gasteiger partial charge in [0.25, 0.3) is 10.1 Å². The lowest BCUT2D eigenvalue weighted by Gasteiger charge is -2.15. The minimum Gasteiger partial charge on any atom is -0.497 e. The molecule has 1 heterocycles. The Morgan fingerprint density at radius 3 is 2.52 bits per heavy atom. The van der Waals surface area contributed by atoms with Crippen molar-refractivity contribution in [3.05, 3.63) is 23.2 Å². The smallest absolute Gasteiger partial charge is 0.264 e. The van der Waals surface area contributed by atoms with Gasteiger partial charge in [-0.3, -0.25) is 4.18 Å². The predicted molar refractivity (Wildman–Crippen MR) is 89.6 cm³/mol. The van der Waals surface area contributed by atoms with Gasteiger partial charge in [0, 0.05) is 12.5 Å². The molecule has 0 saturated carbocycles.